The van der Waals surface area contributed by atoms with Gasteiger partial charge in [0.25, 0.3) is 0 Å². The zero-order valence-electron chi connectivity index (χ0n) is 15.9. The molecule has 0 unspecified atom stereocenters. The van der Waals surface area contributed by atoms with E-state index in [1.54, 1.807) is 29.3 Å². The molecular formula is C19H24N8O. The molecule has 0 atom stereocenters. The molecule has 0 radical (unpaired) electrons. The first-order valence-corrected chi connectivity index (χ1v) is 9.56. The lowest BCUT2D eigenvalue weighted by atomic mass is 9.96. The second-order valence-corrected chi connectivity index (χ2v) is 7.18. The number of amides is 1. The number of nitrogen functional groups attached to an aromatic ring is 1. The first-order valence-electron chi connectivity index (χ1n) is 9.56. The summed E-state index contributed by atoms with van der Waals surface area (Å²) in [7, 11) is 0. The highest BCUT2D eigenvalue weighted by atomic mass is 16.2. The molecular weight excluding hydrogens is 356 g/mol. The van der Waals surface area contributed by atoms with Crippen LogP contribution in [0, 0.1) is 6.92 Å². The highest BCUT2D eigenvalue weighted by Crippen LogP contribution is 2.30. The van der Waals surface area contributed by atoms with Gasteiger partial charge in [-0.1, -0.05) is 19.3 Å². The van der Waals surface area contributed by atoms with Gasteiger partial charge in [-0.15, -0.1) is 0 Å². The van der Waals surface area contributed by atoms with Crippen LogP contribution in [-0.4, -0.2) is 35.4 Å². The maximum Gasteiger partial charge on any atom is 0.247 e. The van der Waals surface area contributed by atoms with Crippen LogP contribution in [0.25, 0.3) is 11.3 Å². The molecule has 3 N–H and O–H groups in total. The van der Waals surface area contributed by atoms with Crippen LogP contribution in [0.5, 0.6) is 0 Å². The van der Waals surface area contributed by atoms with Crippen molar-refractivity contribution in [3.63, 3.8) is 0 Å². The van der Waals surface area contributed by atoms with Gasteiger partial charge < -0.3 is 11.1 Å². The third-order valence-corrected chi connectivity index (χ3v) is 4.95. The molecule has 0 spiro atoms. The van der Waals surface area contributed by atoms with Gasteiger partial charge in [0.2, 0.25) is 11.9 Å². The summed E-state index contributed by atoms with van der Waals surface area (Å²) < 4.78 is 3.56. The normalized spacial score (nSPS) is 14.9. The van der Waals surface area contributed by atoms with E-state index >= 15 is 0 Å². The van der Waals surface area contributed by atoms with Crippen molar-refractivity contribution in [1.29, 1.82) is 0 Å². The van der Waals surface area contributed by atoms with Crippen LogP contribution in [0.15, 0.2) is 30.7 Å². The Morgan fingerprint density at radius 2 is 2.14 bits per heavy atom. The first-order chi connectivity index (χ1) is 13.6. The van der Waals surface area contributed by atoms with E-state index in [0.29, 0.717) is 11.7 Å². The average molecular weight is 380 g/mol. The van der Waals surface area contributed by atoms with Crippen LogP contribution in [0.4, 0.5) is 11.8 Å². The number of nitrogens with zero attached hydrogens (tertiary/aromatic N) is 6. The molecule has 1 aliphatic carbocycles. The van der Waals surface area contributed by atoms with E-state index < -0.39 is 0 Å². The van der Waals surface area contributed by atoms with Gasteiger partial charge in [0.05, 0.1) is 23.6 Å². The van der Waals surface area contributed by atoms with Crippen molar-refractivity contribution in [2.24, 2.45) is 0 Å². The molecule has 146 valence electrons. The maximum absolute atomic E-state index is 12.6. The van der Waals surface area contributed by atoms with Crippen molar-refractivity contribution in [2.45, 2.75) is 51.6 Å². The number of hydrogen-bond donors (Lipinski definition) is 2. The number of carbonyl (C=O) groups excluding carboxylic acids is 1. The lowest BCUT2D eigenvalue weighted by Crippen LogP contribution is -2.23. The van der Waals surface area contributed by atoms with Gasteiger partial charge in [-0.25, -0.2) is 14.6 Å². The highest BCUT2D eigenvalue weighted by molar-refractivity contribution is 5.89. The van der Waals surface area contributed by atoms with Crippen molar-refractivity contribution in [3.05, 3.63) is 36.4 Å². The van der Waals surface area contributed by atoms with Crippen molar-refractivity contribution < 1.29 is 4.79 Å². The zero-order chi connectivity index (χ0) is 19.5. The number of carbonyl (C=O) groups is 1. The Morgan fingerprint density at radius 1 is 1.32 bits per heavy atom. The number of aryl methyl sites for hydroxylation is 1. The van der Waals surface area contributed by atoms with Gasteiger partial charge in [0, 0.05) is 24.0 Å². The van der Waals surface area contributed by atoms with E-state index in [1.807, 2.05) is 17.7 Å². The van der Waals surface area contributed by atoms with E-state index in [2.05, 4.69) is 25.5 Å². The predicted octanol–water partition coefficient (Wildman–Crippen LogP) is 2.57. The largest absolute Gasteiger partial charge is 0.368 e. The fourth-order valence-corrected chi connectivity index (χ4v) is 3.66. The van der Waals surface area contributed by atoms with E-state index in [0.717, 1.165) is 29.9 Å². The average Bonchev–Trinajstić information content (AvgIpc) is 3.29. The molecule has 9 heteroatoms. The third-order valence-electron chi connectivity index (χ3n) is 4.95. The molecule has 1 saturated carbocycles. The van der Waals surface area contributed by atoms with Crippen LogP contribution >= 0.6 is 0 Å². The SMILES string of the molecule is Cc1cc(NC(=O)Cn2cc(-c3ccnc(N)n3)cn2)n(C2CCCCC2)n1. The summed E-state index contributed by atoms with van der Waals surface area (Å²) >= 11 is 0. The third kappa shape index (κ3) is 4.03. The number of nitrogens with one attached hydrogen (secondary N) is 1. The number of anilines is 2. The Hall–Kier alpha value is -3.23. The topological polar surface area (TPSA) is 117 Å². The van der Waals surface area contributed by atoms with E-state index in [4.69, 9.17) is 5.73 Å². The molecule has 9 nitrogen and oxygen atoms in total. The molecule has 1 fully saturated rings. The highest BCUT2D eigenvalue weighted by Gasteiger charge is 2.20. The van der Waals surface area contributed by atoms with Crippen LogP contribution in [0.1, 0.15) is 43.8 Å². The van der Waals surface area contributed by atoms with Crippen LogP contribution in [0.3, 0.4) is 0 Å². The first kappa shape index (κ1) is 18.1. The second kappa shape index (κ2) is 7.79. The molecule has 28 heavy (non-hydrogen) atoms. The lowest BCUT2D eigenvalue weighted by Gasteiger charge is -2.23. The quantitative estimate of drug-likeness (QED) is 0.703. The van der Waals surface area contributed by atoms with E-state index in [1.165, 1.54) is 19.3 Å². The van der Waals surface area contributed by atoms with Crippen LogP contribution in [-0.2, 0) is 11.3 Å². The molecule has 3 aromatic heterocycles. The maximum atomic E-state index is 12.6. The predicted molar refractivity (Wildman–Crippen MR) is 105 cm³/mol. The fourth-order valence-electron chi connectivity index (χ4n) is 3.66. The van der Waals surface area contributed by atoms with Crippen LogP contribution < -0.4 is 11.1 Å². The molecule has 0 saturated heterocycles. The van der Waals surface area contributed by atoms with E-state index in [-0.39, 0.29) is 18.4 Å². The Bertz CT molecular complexity index is 970. The standard InChI is InChI=1S/C19H24N8O/c1-13-9-17(27(25-13)15-5-3-2-4-6-15)24-18(28)12-26-11-14(10-22-26)16-7-8-21-19(20)23-16/h7-11,15H,2-6,12H2,1H3,(H,24,28)(H2,20,21,23). The summed E-state index contributed by atoms with van der Waals surface area (Å²) in [6.07, 6.45) is 10.9. The minimum absolute atomic E-state index is 0.107. The molecule has 0 aromatic carbocycles. The van der Waals surface area contributed by atoms with Gasteiger partial charge in [-0.2, -0.15) is 10.2 Å². The zero-order valence-corrected chi connectivity index (χ0v) is 15.9. The second-order valence-electron chi connectivity index (χ2n) is 7.18. The summed E-state index contributed by atoms with van der Waals surface area (Å²) in [5.74, 6) is 0.813. The smallest absolute Gasteiger partial charge is 0.247 e. The number of aromatic nitrogens is 6. The van der Waals surface area contributed by atoms with E-state index in [9.17, 15) is 4.79 Å². The summed E-state index contributed by atoms with van der Waals surface area (Å²) in [4.78, 5) is 20.6. The van der Waals surface area contributed by atoms with Gasteiger partial charge in [-0.3, -0.25) is 9.48 Å². The summed E-state index contributed by atoms with van der Waals surface area (Å²) in [6.45, 7) is 2.05. The Labute approximate surface area is 163 Å². The van der Waals surface area contributed by atoms with Gasteiger partial charge in [0.15, 0.2) is 0 Å². The number of hydrogen-bond acceptors (Lipinski definition) is 6. The Balaban J connectivity index is 1.44. The molecule has 3 heterocycles. The molecule has 0 bridgehead atoms. The summed E-state index contributed by atoms with van der Waals surface area (Å²) in [5.41, 5.74) is 7.99. The van der Waals surface area contributed by atoms with Crippen LogP contribution in [0.2, 0.25) is 0 Å². The minimum atomic E-state index is -0.145. The Kier molecular flexibility index (Phi) is 5.05. The number of nitrogens with two attached hydrogens (primary N) is 1. The van der Waals surface area contributed by atoms with Crippen molar-refractivity contribution >= 4 is 17.7 Å². The monoisotopic (exact) mass is 380 g/mol. The minimum Gasteiger partial charge on any atom is -0.368 e. The fraction of sp³-hybridized carbons (Fsp3) is 0.421. The van der Waals surface area contributed by atoms with Gasteiger partial charge in [0.1, 0.15) is 12.4 Å². The molecule has 1 amide bonds. The molecule has 3 aromatic rings. The molecule has 4 rings (SSSR count). The molecule has 1 aliphatic rings. The lowest BCUT2D eigenvalue weighted by molar-refractivity contribution is -0.117. The molecule has 0 aliphatic heterocycles. The summed E-state index contributed by atoms with van der Waals surface area (Å²) in [6, 6.07) is 4.03. The summed E-state index contributed by atoms with van der Waals surface area (Å²) in [5, 5.41) is 11.8. The van der Waals surface area contributed by atoms with Crippen molar-refractivity contribution in [1.82, 2.24) is 29.5 Å². The Morgan fingerprint density at radius 3 is 2.93 bits per heavy atom. The number of rotatable bonds is 5. The van der Waals surface area contributed by atoms with Crippen molar-refractivity contribution in [3.8, 4) is 11.3 Å². The van der Waals surface area contributed by atoms with Gasteiger partial charge in [-0.05, 0) is 25.8 Å². The van der Waals surface area contributed by atoms with Gasteiger partial charge >= 0.3 is 0 Å². The van der Waals surface area contributed by atoms with Crippen molar-refractivity contribution in [2.75, 3.05) is 11.1 Å².